The van der Waals surface area contributed by atoms with Crippen LogP contribution >= 0.6 is 0 Å². The number of likely N-dealkylation sites (tertiary alicyclic amines) is 1. The highest BCUT2D eigenvalue weighted by Crippen LogP contribution is 2.34. The van der Waals surface area contributed by atoms with E-state index in [1.165, 1.54) is 0 Å². The summed E-state index contributed by atoms with van der Waals surface area (Å²) in [5, 5.41) is 3.55. The number of hydrogen-bond donors (Lipinski definition) is 1. The van der Waals surface area contributed by atoms with Crippen LogP contribution in [0.15, 0.2) is 0 Å². The second kappa shape index (κ2) is 8.02. The molecule has 0 aromatic rings. The van der Waals surface area contributed by atoms with Gasteiger partial charge in [0.2, 0.25) is 5.91 Å². The molecule has 0 aromatic carbocycles. The van der Waals surface area contributed by atoms with Gasteiger partial charge in [0.05, 0.1) is 0 Å². The molecule has 3 nitrogen and oxygen atoms in total. The molecule has 1 amide bonds. The fourth-order valence-corrected chi connectivity index (χ4v) is 3.05. The highest BCUT2D eigenvalue weighted by atomic mass is 16.2. The van der Waals surface area contributed by atoms with Gasteiger partial charge in [0.1, 0.15) is 0 Å². The standard InChI is InChI=1S/C17H34N2O/c1-6-11-18-15(7-2)13-19-12-10-14(17(3,4)5)8-9-16(19)20/h14-15,18H,6-13H2,1-5H3. The second-order valence-electron chi connectivity index (χ2n) is 7.29. The summed E-state index contributed by atoms with van der Waals surface area (Å²) in [5.74, 6) is 1.02. The van der Waals surface area contributed by atoms with E-state index in [2.05, 4.69) is 44.8 Å². The summed E-state index contributed by atoms with van der Waals surface area (Å²) in [6.07, 6.45) is 5.17. The van der Waals surface area contributed by atoms with Crippen molar-refractivity contribution in [2.45, 2.75) is 72.8 Å². The Balaban J connectivity index is 2.55. The van der Waals surface area contributed by atoms with Gasteiger partial charge in [-0.1, -0.05) is 34.6 Å². The van der Waals surface area contributed by atoms with E-state index in [1.807, 2.05) is 0 Å². The maximum Gasteiger partial charge on any atom is 0.222 e. The van der Waals surface area contributed by atoms with E-state index in [-0.39, 0.29) is 0 Å². The van der Waals surface area contributed by atoms with Crippen LogP contribution < -0.4 is 5.32 Å². The normalized spacial score (nSPS) is 22.8. The first-order valence-corrected chi connectivity index (χ1v) is 8.39. The van der Waals surface area contributed by atoms with Crippen molar-refractivity contribution < 1.29 is 4.79 Å². The van der Waals surface area contributed by atoms with Gasteiger partial charge in [0, 0.05) is 25.6 Å². The number of rotatable bonds is 6. The van der Waals surface area contributed by atoms with Crippen molar-refractivity contribution in [3.63, 3.8) is 0 Å². The predicted molar refractivity (Wildman–Crippen MR) is 85.7 cm³/mol. The molecule has 1 saturated heterocycles. The van der Waals surface area contributed by atoms with Gasteiger partial charge < -0.3 is 10.2 Å². The molecule has 2 unspecified atom stereocenters. The molecule has 2 atom stereocenters. The Morgan fingerprint density at radius 2 is 2.00 bits per heavy atom. The lowest BCUT2D eigenvalue weighted by Crippen LogP contribution is -2.43. The van der Waals surface area contributed by atoms with Crippen molar-refractivity contribution in [2.24, 2.45) is 11.3 Å². The van der Waals surface area contributed by atoms with E-state index >= 15 is 0 Å². The van der Waals surface area contributed by atoms with Crippen molar-refractivity contribution in [1.82, 2.24) is 10.2 Å². The van der Waals surface area contributed by atoms with Gasteiger partial charge in [-0.3, -0.25) is 4.79 Å². The van der Waals surface area contributed by atoms with E-state index < -0.39 is 0 Å². The van der Waals surface area contributed by atoms with E-state index in [9.17, 15) is 4.79 Å². The smallest absolute Gasteiger partial charge is 0.222 e. The molecule has 0 aromatic heterocycles. The molecule has 0 radical (unpaired) electrons. The molecular formula is C17H34N2O. The molecule has 0 spiro atoms. The van der Waals surface area contributed by atoms with Gasteiger partial charge >= 0.3 is 0 Å². The van der Waals surface area contributed by atoms with Crippen LogP contribution in [0.25, 0.3) is 0 Å². The molecule has 1 rings (SSSR count). The Hall–Kier alpha value is -0.570. The third-order valence-corrected chi connectivity index (χ3v) is 4.65. The minimum atomic E-state index is 0.320. The van der Waals surface area contributed by atoms with Gasteiger partial charge in [0.15, 0.2) is 0 Å². The summed E-state index contributed by atoms with van der Waals surface area (Å²) in [7, 11) is 0. The maximum atomic E-state index is 12.3. The Labute approximate surface area is 125 Å². The zero-order valence-corrected chi connectivity index (χ0v) is 14.2. The molecule has 0 saturated carbocycles. The zero-order chi connectivity index (χ0) is 15.2. The topological polar surface area (TPSA) is 32.3 Å². The fraction of sp³-hybridized carbons (Fsp3) is 0.941. The van der Waals surface area contributed by atoms with Crippen molar-refractivity contribution in [1.29, 1.82) is 0 Å². The number of amides is 1. The van der Waals surface area contributed by atoms with Crippen LogP contribution in [0.3, 0.4) is 0 Å². The monoisotopic (exact) mass is 282 g/mol. The molecule has 1 aliphatic heterocycles. The highest BCUT2D eigenvalue weighted by molar-refractivity contribution is 5.76. The molecule has 3 heteroatoms. The maximum absolute atomic E-state index is 12.3. The second-order valence-corrected chi connectivity index (χ2v) is 7.29. The van der Waals surface area contributed by atoms with Gasteiger partial charge in [-0.05, 0) is 43.6 Å². The van der Waals surface area contributed by atoms with Crippen LogP contribution in [0.1, 0.15) is 66.7 Å². The largest absolute Gasteiger partial charge is 0.341 e. The Kier molecular flexibility index (Phi) is 7.01. The van der Waals surface area contributed by atoms with Crippen LogP contribution in [-0.4, -0.2) is 36.5 Å². The quantitative estimate of drug-likeness (QED) is 0.809. The van der Waals surface area contributed by atoms with Gasteiger partial charge in [-0.25, -0.2) is 0 Å². The first-order chi connectivity index (χ1) is 9.38. The number of carbonyl (C=O) groups is 1. The summed E-state index contributed by atoms with van der Waals surface area (Å²) in [5.41, 5.74) is 0.320. The summed E-state index contributed by atoms with van der Waals surface area (Å²) >= 11 is 0. The SMILES string of the molecule is CCCNC(CC)CN1CCC(C(C)(C)C)CCC1=O. The Bertz CT molecular complexity index is 296. The number of nitrogens with one attached hydrogen (secondary N) is 1. The van der Waals surface area contributed by atoms with Crippen LogP contribution in [0.5, 0.6) is 0 Å². The van der Waals surface area contributed by atoms with Crippen molar-refractivity contribution in [3.05, 3.63) is 0 Å². The first kappa shape index (κ1) is 17.5. The fourth-order valence-electron chi connectivity index (χ4n) is 3.05. The number of hydrogen-bond acceptors (Lipinski definition) is 2. The Morgan fingerprint density at radius 3 is 2.55 bits per heavy atom. The minimum Gasteiger partial charge on any atom is -0.341 e. The predicted octanol–water partition coefficient (Wildman–Crippen LogP) is 3.44. The summed E-state index contributed by atoms with van der Waals surface area (Å²) in [6.45, 7) is 14.2. The third-order valence-electron chi connectivity index (χ3n) is 4.65. The van der Waals surface area contributed by atoms with Crippen LogP contribution in [0.4, 0.5) is 0 Å². The van der Waals surface area contributed by atoms with E-state index in [1.54, 1.807) is 0 Å². The average Bonchev–Trinajstić information content (AvgIpc) is 2.56. The molecule has 1 aliphatic rings. The third kappa shape index (κ3) is 5.43. The minimum absolute atomic E-state index is 0.320. The average molecular weight is 282 g/mol. The number of carbonyl (C=O) groups excluding carboxylic acids is 1. The molecule has 0 aliphatic carbocycles. The lowest BCUT2D eigenvalue weighted by Gasteiger charge is -2.30. The summed E-state index contributed by atoms with van der Waals surface area (Å²) in [6, 6.07) is 0.449. The summed E-state index contributed by atoms with van der Waals surface area (Å²) < 4.78 is 0. The van der Waals surface area contributed by atoms with E-state index in [0.29, 0.717) is 23.3 Å². The van der Waals surface area contributed by atoms with Crippen molar-refractivity contribution in [3.8, 4) is 0 Å². The van der Waals surface area contributed by atoms with Gasteiger partial charge in [0.25, 0.3) is 0 Å². The first-order valence-electron chi connectivity index (χ1n) is 8.39. The molecule has 1 fully saturated rings. The highest BCUT2D eigenvalue weighted by Gasteiger charge is 2.30. The molecule has 118 valence electrons. The zero-order valence-electron chi connectivity index (χ0n) is 14.2. The lowest BCUT2D eigenvalue weighted by atomic mass is 9.77. The Morgan fingerprint density at radius 1 is 1.30 bits per heavy atom. The van der Waals surface area contributed by atoms with Gasteiger partial charge in [-0.15, -0.1) is 0 Å². The van der Waals surface area contributed by atoms with Crippen LogP contribution in [0.2, 0.25) is 0 Å². The van der Waals surface area contributed by atoms with Gasteiger partial charge in [-0.2, -0.15) is 0 Å². The summed E-state index contributed by atoms with van der Waals surface area (Å²) in [4.78, 5) is 14.4. The molecule has 0 bridgehead atoms. The molecule has 20 heavy (non-hydrogen) atoms. The van der Waals surface area contributed by atoms with Crippen molar-refractivity contribution >= 4 is 5.91 Å². The molecular weight excluding hydrogens is 248 g/mol. The van der Waals surface area contributed by atoms with Crippen LogP contribution in [-0.2, 0) is 4.79 Å². The van der Waals surface area contributed by atoms with Crippen LogP contribution in [0, 0.1) is 11.3 Å². The van der Waals surface area contributed by atoms with E-state index in [0.717, 1.165) is 51.7 Å². The lowest BCUT2D eigenvalue weighted by molar-refractivity contribution is -0.131. The number of nitrogens with zero attached hydrogens (tertiary/aromatic N) is 1. The molecule has 1 heterocycles. The van der Waals surface area contributed by atoms with Crippen molar-refractivity contribution in [2.75, 3.05) is 19.6 Å². The van der Waals surface area contributed by atoms with E-state index in [4.69, 9.17) is 0 Å². The molecule has 1 N–H and O–H groups in total.